The van der Waals surface area contributed by atoms with E-state index >= 15 is 0 Å². The van der Waals surface area contributed by atoms with Gasteiger partial charge in [-0.2, -0.15) is 26.9 Å². The molecule has 3 aromatic carbocycles. The zero-order valence-corrected chi connectivity index (χ0v) is 35.9. The number of nitrogens with zero attached hydrogens (tertiary/aromatic N) is 3. The summed E-state index contributed by atoms with van der Waals surface area (Å²) in [5.74, 6) is -0.0573. The minimum absolute atomic E-state index is 0.0375. The zero-order chi connectivity index (χ0) is 41.7. The normalized spacial score (nSPS) is 13.7. The fraction of sp³-hybridized carbons (Fsp3) is 0.486. The van der Waals surface area contributed by atoms with Crippen LogP contribution in [0.4, 0.5) is 5.69 Å². The lowest BCUT2D eigenvalue weighted by Crippen LogP contribution is -2.60. The lowest BCUT2D eigenvalue weighted by atomic mass is 9.85. The number of rotatable bonds is 16. The summed E-state index contributed by atoms with van der Waals surface area (Å²) >= 11 is 0. The Labute approximate surface area is 327 Å². The van der Waals surface area contributed by atoms with Gasteiger partial charge in [0.2, 0.25) is 9.84 Å². The first-order valence-electron chi connectivity index (χ1n) is 17.7. The molecule has 0 amide bonds. The minimum Gasteiger partial charge on any atom is -0.488 e. The number of ether oxygens (including phenoxy) is 1. The average molecular weight is 827 g/mol. The molecule has 18 heteroatoms. The van der Waals surface area contributed by atoms with Gasteiger partial charge in [0.15, 0.2) is 0 Å². The Kier molecular flexibility index (Phi) is 14.2. The van der Waals surface area contributed by atoms with Crippen molar-refractivity contribution in [3.8, 4) is 16.9 Å². The van der Waals surface area contributed by atoms with E-state index in [4.69, 9.17) is 9.84 Å². The predicted molar refractivity (Wildman–Crippen MR) is 216 cm³/mol. The second kappa shape index (κ2) is 17.2. The van der Waals surface area contributed by atoms with Gasteiger partial charge in [-0.3, -0.25) is 20.0 Å². The topological polar surface area (TPSA) is 201 Å². The Morgan fingerprint density at radius 1 is 0.745 bits per heavy atom. The average Bonchev–Trinajstić information content (AvgIpc) is 3.01. The Morgan fingerprint density at radius 2 is 1.29 bits per heavy atom. The van der Waals surface area contributed by atoms with Crippen LogP contribution in [0.5, 0.6) is 5.75 Å². The van der Waals surface area contributed by atoms with Crippen molar-refractivity contribution in [3.63, 3.8) is 0 Å². The summed E-state index contributed by atoms with van der Waals surface area (Å²) < 4.78 is 97.7. The van der Waals surface area contributed by atoms with Crippen molar-refractivity contribution in [1.82, 2.24) is 10.9 Å². The maximum atomic E-state index is 14.1. The maximum Gasteiger partial charge on any atom is 0.314 e. The summed E-state index contributed by atoms with van der Waals surface area (Å²) in [6.45, 7) is 12.5. The summed E-state index contributed by atoms with van der Waals surface area (Å²) in [5.41, 5.74) is 11.4. The van der Waals surface area contributed by atoms with Gasteiger partial charge < -0.3 is 4.74 Å². The van der Waals surface area contributed by atoms with Crippen molar-refractivity contribution in [2.75, 3.05) is 58.2 Å². The number of anilines is 1. The van der Waals surface area contributed by atoms with E-state index < -0.39 is 47.2 Å². The maximum absolute atomic E-state index is 14.1. The standard InChI is InChI=1S/C37H56N6O9S3/c1-36(2,3)29-15-22-34(55(50,51)32-20-18-31(19-21-32)52-37(4,5)6)33(27-29)28-13-16-30(17-14-28)38-39-35(40-42(7,8)23-11-25-53(44,45)46)41-43(9,10)24-12-26-54(47,48)49/h13-22,27,38H,11-12,23-26H2,1-10H3,(H2-2,39,40,41,44,45,46,47,48,49)/p+2. The molecule has 0 aliphatic carbocycles. The molecule has 0 heterocycles. The van der Waals surface area contributed by atoms with Crippen LogP contribution in [0.3, 0.4) is 0 Å². The fourth-order valence-electron chi connectivity index (χ4n) is 5.50. The van der Waals surface area contributed by atoms with Crippen molar-refractivity contribution in [1.29, 1.82) is 0 Å². The highest BCUT2D eigenvalue weighted by Gasteiger charge is 2.27. The molecule has 5 N–H and O–H groups in total. The van der Waals surface area contributed by atoms with Crippen molar-refractivity contribution >= 4 is 41.7 Å². The van der Waals surface area contributed by atoms with Crippen LogP contribution >= 0.6 is 0 Å². The lowest BCUT2D eigenvalue weighted by molar-refractivity contribution is -0.927. The largest absolute Gasteiger partial charge is 0.488 e. The SMILES string of the molecule is CC(C)(C)Oc1ccc(S(=O)(=O)c2ccc(C(C)(C)C)cc2-c2ccc(NNC(=N[N+](C)(C)CCCS(=O)(=O)O)N[N+](C)(C)CCCS(=O)(=O)O)cc2)cc1. The third-order valence-electron chi connectivity index (χ3n) is 8.22. The highest BCUT2D eigenvalue weighted by molar-refractivity contribution is 7.91. The number of hydrogen-bond acceptors (Lipinski definition) is 9. The van der Waals surface area contributed by atoms with Gasteiger partial charge in [-0.15, -0.1) is 0 Å². The Morgan fingerprint density at radius 3 is 1.80 bits per heavy atom. The van der Waals surface area contributed by atoms with E-state index in [0.717, 1.165) is 5.56 Å². The van der Waals surface area contributed by atoms with E-state index in [1.54, 1.807) is 82.8 Å². The first kappa shape index (κ1) is 45.6. The van der Waals surface area contributed by atoms with E-state index in [2.05, 4.69) is 37.0 Å². The van der Waals surface area contributed by atoms with Gasteiger partial charge in [0, 0.05) is 18.4 Å². The molecule has 15 nitrogen and oxygen atoms in total. The number of quaternary nitrogens is 2. The van der Waals surface area contributed by atoms with Crippen molar-refractivity contribution in [3.05, 3.63) is 72.3 Å². The molecule has 0 bridgehead atoms. The molecule has 0 saturated heterocycles. The first-order chi connectivity index (χ1) is 24.9. The van der Waals surface area contributed by atoms with Crippen LogP contribution in [-0.4, -0.2) is 108 Å². The number of benzene rings is 3. The van der Waals surface area contributed by atoms with Gasteiger partial charge in [-0.25, -0.2) is 13.0 Å². The third kappa shape index (κ3) is 15.3. The Balaban J connectivity index is 1.95. The first-order valence-corrected chi connectivity index (χ1v) is 22.4. The Bertz CT molecular complexity index is 2140. The van der Waals surface area contributed by atoms with E-state index in [9.17, 15) is 34.4 Å². The van der Waals surface area contributed by atoms with Crippen LogP contribution in [0.15, 0.2) is 81.6 Å². The summed E-state index contributed by atoms with van der Waals surface area (Å²) in [6, 6.07) is 19.0. The van der Waals surface area contributed by atoms with Crippen LogP contribution in [-0.2, 0) is 35.5 Å². The van der Waals surface area contributed by atoms with Gasteiger partial charge in [-0.05, 0) is 90.9 Å². The smallest absolute Gasteiger partial charge is 0.314 e. The van der Waals surface area contributed by atoms with Gasteiger partial charge in [-0.1, -0.05) is 39.0 Å². The summed E-state index contributed by atoms with van der Waals surface area (Å²) in [4.78, 5) is 0.296. The predicted octanol–water partition coefficient (Wildman–Crippen LogP) is 5.06. The van der Waals surface area contributed by atoms with Crippen LogP contribution in [0, 0.1) is 0 Å². The third-order valence-corrected chi connectivity index (χ3v) is 11.7. The second-order valence-corrected chi connectivity index (χ2v) is 21.6. The van der Waals surface area contributed by atoms with Crippen LogP contribution in [0.2, 0.25) is 0 Å². The molecule has 3 rings (SSSR count). The van der Waals surface area contributed by atoms with Crippen molar-refractivity contribution in [2.24, 2.45) is 5.10 Å². The minimum atomic E-state index is -4.15. The highest BCUT2D eigenvalue weighted by Crippen LogP contribution is 2.36. The molecule has 306 valence electrons. The second-order valence-electron chi connectivity index (χ2n) is 16.6. The van der Waals surface area contributed by atoms with E-state index in [0.29, 0.717) is 29.1 Å². The van der Waals surface area contributed by atoms with Crippen molar-refractivity contribution < 1.29 is 48.3 Å². The number of hydrogen-bond donors (Lipinski definition) is 5. The molecular weight excluding hydrogens is 769 g/mol. The fourth-order valence-corrected chi connectivity index (χ4v) is 7.95. The molecule has 0 aliphatic heterocycles. The van der Waals surface area contributed by atoms with Gasteiger partial charge in [0.1, 0.15) is 24.4 Å². The number of hydrazine groups is 1. The van der Waals surface area contributed by atoms with E-state index in [1.807, 2.05) is 32.9 Å². The van der Waals surface area contributed by atoms with Gasteiger partial charge in [0.25, 0.3) is 20.2 Å². The molecule has 0 aliphatic rings. The monoisotopic (exact) mass is 826 g/mol. The van der Waals surface area contributed by atoms with Crippen LogP contribution < -0.4 is 21.0 Å². The van der Waals surface area contributed by atoms with Gasteiger partial charge >= 0.3 is 5.96 Å². The lowest BCUT2D eigenvalue weighted by Gasteiger charge is -2.32. The Hall–Kier alpha value is -3.78. The molecular formula is C37H58N6O9S3+2. The summed E-state index contributed by atoms with van der Waals surface area (Å²) in [5, 5.41) is 4.71. The van der Waals surface area contributed by atoms with E-state index in [1.165, 1.54) is 0 Å². The quantitative estimate of drug-likeness (QED) is 0.0424. The highest BCUT2D eigenvalue weighted by atomic mass is 32.2. The number of sulfone groups is 1. The molecule has 0 radical (unpaired) electrons. The number of nitrogens with one attached hydrogen (secondary N) is 3. The van der Waals surface area contributed by atoms with Crippen LogP contribution in [0.25, 0.3) is 11.1 Å². The molecule has 0 atom stereocenters. The van der Waals surface area contributed by atoms with Crippen LogP contribution in [0.1, 0.15) is 59.9 Å². The molecule has 0 spiro atoms. The van der Waals surface area contributed by atoms with Gasteiger partial charge in [0.05, 0.1) is 55.2 Å². The van der Waals surface area contributed by atoms with Crippen molar-refractivity contribution in [2.45, 2.75) is 75.2 Å². The summed E-state index contributed by atoms with van der Waals surface area (Å²) in [7, 11) is -5.20. The molecule has 0 unspecified atom stereocenters. The molecule has 0 aromatic heterocycles. The molecule has 55 heavy (non-hydrogen) atoms. The van der Waals surface area contributed by atoms with E-state index in [-0.39, 0.29) is 49.7 Å². The molecule has 0 saturated carbocycles. The zero-order valence-electron chi connectivity index (χ0n) is 33.4. The molecule has 0 fully saturated rings. The summed E-state index contributed by atoms with van der Waals surface area (Å²) in [6.07, 6.45) is 0.286. The number of guanidine groups is 1. The molecule has 3 aromatic rings.